The molecule has 28 heavy (non-hydrogen) atoms. The molecule has 144 valence electrons. The molecule has 0 aliphatic carbocycles. The fourth-order valence-electron chi connectivity index (χ4n) is 2.44. The van der Waals surface area contributed by atoms with Gasteiger partial charge in [-0.25, -0.2) is 0 Å². The summed E-state index contributed by atoms with van der Waals surface area (Å²) in [6.07, 6.45) is 1.38. The van der Waals surface area contributed by atoms with Crippen molar-refractivity contribution in [1.29, 1.82) is 0 Å². The van der Waals surface area contributed by atoms with Crippen LogP contribution < -0.4 is 10.6 Å². The first-order valence-electron chi connectivity index (χ1n) is 8.35. The van der Waals surface area contributed by atoms with E-state index in [9.17, 15) is 14.7 Å². The Labute approximate surface area is 170 Å². The zero-order valence-corrected chi connectivity index (χ0v) is 16.4. The van der Waals surface area contributed by atoms with Crippen molar-refractivity contribution in [2.75, 3.05) is 5.32 Å². The van der Waals surface area contributed by atoms with Gasteiger partial charge < -0.3 is 15.7 Å². The number of nitrogens with one attached hydrogen (secondary N) is 2. The van der Waals surface area contributed by atoms with Gasteiger partial charge in [-0.3, -0.25) is 9.59 Å². The van der Waals surface area contributed by atoms with Crippen molar-refractivity contribution in [3.05, 3.63) is 58.6 Å². The summed E-state index contributed by atoms with van der Waals surface area (Å²) in [4.78, 5) is 24.4. The zero-order chi connectivity index (χ0) is 20.1. The number of amidine groups is 1. The molecular formula is C19H17ClN4O3S. The maximum absolute atomic E-state index is 12.3. The second-order valence-electron chi connectivity index (χ2n) is 5.97. The summed E-state index contributed by atoms with van der Waals surface area (Å²) in [6.45, 7) is 1.81. The number of benzene rings is 2. The molecule has 2 aromatic carbocycles. The van der Waals surface area contributed by atoms with Crippen molar-refractivity contribution in [3.8, 4) is 5.75 Å². The monoisotopic (exact) mass is 416 g/mol. The number of aromatic hydroxyl groups is 1. The number of para-hydroxylation sites is 1. The summed E-state index contributed by atoms with van der Waals surface area (Å²) in [7, 11) is 0. The van der Waals surface area contributed by atoms with Crippen LogP contribution in [0, 0.1) is 6.92 Å². The molecule has 1 fully saturated rings. The summed E-state index contributed by atoms with van der Waals surface area (Å²) >= 11 is 7.18. The lowest BCUT2D eigenvalue weighted by Crippen LogP contribution is -2.28. The predicted octanol–water partition coefficient (Wildman–Crippen LogP) is 3.30. The van der Waals surface area contributed by atoms with Crippen LogP contribution in [0.15, 0.2) is 52.7 Å². The number of phenolic OH excluding ortho intramolecular Hbond substituents is 1. The highest BCUT2D eigenvalue weighted by Gasteiger charge is 2.32. The highest BCUT2D eigenvalue weighted by atomic mass is 35.5. The molecule has 7 nitrogen and oxygen atoms in total. The molecule has 0 radical (unpaired) electrons. The maximum Gasteiger partial charge on any atom is 0.240 e. The van der Waals surface area contributed by atoms with Gasteiger partial charge in [0, 0.05) is 22.7 Å². The maximum atomic E-state index is 12.3. The van der Waals surface area contributed by atoms with Crippen molar-refractivity contribution in [2.24, 2.45) is 10.2 Å². The molecule has 0 saturated carbocycles. The van der Waals surface area contributed by atoms with E-state index in [4.69, 9.17) is 11.6 Å². The van der Waals surface area contributed by atoms with Crippen LogP contribution in [0.3, 0.4) is 0 Å². The van der Waals surface area contributed by atoms with Gasteiger partial charge in [0.25, 0.3) is 0 Å². The molecule has 1 heterocycles. The Morgan fingerprint density at radius 3 is 2.89 bits per heavy atom. The highest BCUT2D eigenvalue weighted by Crippen LogP contribution is 2.26. The Hall–Kier alpha value is -2.84. The summed E-state index contributed by atoms with van der Waals surface area (Å²) in [6, 6.07) is 11.9. The lowest BCUT2D eigenvalue weighted by atomic mass is 10.2. The summed E-state index contributed by atoms with van der Waals surface area (Å²) < 4.78 is 0. The minimum absolute atomic E-state index is 0.00926. The van der Waals surface area contributed by atoms with Crippen molar-refractivity contribution >= 4 is 52.2 Å². The molecule has 0 spiro atoms. The molecule has 2 aromatic rings. The Morgan fingerprint density at radius 1 is 1.32 bits per heavy atom. The second-order valence-corrected chi connectivity index (χ2v) is 7.57. The minimum Gasteiger partial charge on any atom is -0.507 e. The van der Waals surface area contributed by atoms with E-state index >= 15 is 0 Å². The molecule has 3 N–H and O–H groups in total. The molecule has 0 bridgehead atoms. The van der Waals surface area contributed by atoms with Crippen LogP contribution in [0.25, 0.3) is 0 Å². The first-order valence-corrected chi connectivity index (χ1v) is 9.61. The van der Waals surface area contributed by atoms with Crippen LogP contribution in [-0.2, 0) is 9.59 Å². The number of carbonyl (C=O) groups excluding carboxylic acids is 2. The molecule has 0 unspecified atom stereocenters. The number of anilines is 1. The van der Waals surface area contributed by atoms with Gasteiger partial charge in [0.05, 0.1) is 6.21 Å². The lowest BCUT2D eigenvalue weighted by Gasteiger charge is -2.10. The Balaban J connectivity index is 1.59. The van der Waals surface area contributed by atoms with E-state index in [-0.39, 0.29) is 24.0 Å². The van der Waals surface area contributed by atoms with Crippen LogP contribution in [-0.4, -0.2) is 33.6 Å². The van der Waals surface area contributed by atoms with Crippen LogP contribution >= 0.6 is 23.4 Å². The SMILES string of the molecule is Cc1c(Cl)cccc1NC(=O)C[C@H]1S/C(=N/N=C/c2ccccc2O)NC1=O. The molecule has 1 aliphatic heterocycles. The van der Waals surface area contributed by atoms with Crippen LogP contribution in [0.2, 0.25) is 5.02 Å². The molecule has 2 amide bonds. The molecular weight excluding hydrogens is 400 g/mol. The largest absolute Gasteiger partial charge is 0.507 e. The number of amides is 2. The van der Waals surface area contributed by atoms with Gasteiger partial charge in [0.1, 0.15) is 11.0 Å². The number of nitrogens with zero attached hydrogens (tertiary/aromatic N) is 2. The summed E-state index contributed by atoms with van der Waals surface area (Å²) in [5.74, 6) is -0.517. The number of phenols is 1. The average molecular weight is 417 g/mol. The van der Waals surface area contributed by atoms with E-state index in [0.717, 1.165) is 17.3 Å². The molecule has 1 saturated heterocycles. The normalized spacial score (nSPS) is 17.9. The smallest absolute Gasteiger partial charge is 0.240 e. The molecule has 9 heteroatoms. The van der Waals surface area contributed by atoms with E-state index in [1.165, 1.54) is 12.3 Å². The molecule has 1 aliphatic rings. The Morgan fingerprint density at radius 2 is 2.11 bits per heavy atom. The second kappa shape index (κ2) is 8.90. The van der Waals surface area contributed by atoms with Crippen LogP contribution in [0.5, 0.6) is 5.75 Å². The van der Waals surface area contributed by atoms with Crippen molar-refractivity contribution in [1.82, 2.24) is 5.32 Å². The number of carbonyl (C=O) groups is 2. The number of rotatable bonds is 5. The summed E-state index contributed by atoms with van der Waals surface area (Å²) in [5, 5.41) is 23.1. The van der Waals surface area contributed by atoms with Crippen molar-refractivity contribution < 1.29 is 14.7 Å². The van der Waals surface area contributed by atoms with E-state index in [0.29, 0.717) is 21.4 Å². The van der Waals surface area contributed by atoms with Crippen molar-refractivity contribution in [3.63, 3.8) is 0 Å². The van der Waals surface area contributed by atoms with Gasteiger partial charge in [0.2, 0.25) is 11.8 Å². The van der Waals surface area contributed by atoms with Gasteiger partial charge in [-0.15, -0.1) is 5.10 Å². The predicted molar refractivity (Wildman–Crippen MR) is 112 cm³/mol. The fraction of sp³-hybridized carbons (Fsp3) is 0.158. The molecule has 0 aromatic heterocycles. The first-order chi connectivity index (χ1) is 13.4. The van der Waals surface area contributed by atoms with E-state index in [1.54, 1.807) is 36.4 Å². The van der Waals surface area contributed by atoms with Crippen LogP contribution in [0.4, 0.5) is 5.69 Å². The van der Waals surface area contributed by atoms with Crippen LogP contribution in [0.1, 0.15) is 17.5 Å². The number of hydrogen-bond donors (Lipinski definition) is 3. The summed E-state index contributed by atoms with van der Waals surface area (Å²) in [5.41, 5.74) is 1.89. The standard InChI is InChI=1S/C19H17ClN4O3S/c1-11-13(20)6-4-7-14(11)22-17(26)9-16-18(27)23-19(28-16)24-21-10-12-5-2-3-8-15(12)25/h2-8,10,16,25H,9H2,1H3,(H,22,26)(H,23,24,27)/b21-10+/t16-/m1/s1. The molecule has 3 rings (SSSR count). The Kier molecular flexibility index (Phi) is 6.33. The minimum atomic E-state index is -0.599. The quantitative estimate of drug-likeness (QED) is 0.514. The van der Waals surface area contributed by atoms with Gasteiger partial charge in [0.15, 0.2) is 5.17 Å². The average Bonchev–Trinajstić information content (AvgIpc) is 3.00. The topological polar surface area (TPSA) is 103 Å². The van der Waals surface area contributed by atoms with Gasteiger partial charge in [-0.1, -0.05) is 41.6 Å². The number of halogens is 1. The Bertz CT molecular complexity index is 977. The van der Waals surface area contributed by atoms with Gasteiger partial charge in [-0.2, -0.15) is 5.10 Å². The third-order valence-electron chi connectivity index (χ3n) is 3.97. The highest BCUT2D eigenvalue weighted by molar-refractivity contribution is 8.15. The zero-order valence-electron chi connectivity index (χ0n) is 14.8. The van der Waals surface area contributed by atoms with E-state index in [2.05, 4.69) is 20.8 Å². The third kappa shape index (κ3) is 4.90. The van der Waals surface area contributed by atoms with E-state index < -0.39 is 5.25 Å². The lowest BCUT2D eigenvalue weighted by molar-refractivity contribution is -0.122. The first kappa shape index (κ1) is 19.9. The van der Waals surface area contributed by atoms with Gasteiger partial charge >= 0.3 is 0 Å². The number of thioether (sulfide) groups is 1. The third-order valence-corrected chi connectivity index (χ3v) is 5.45. The van der Waals surface area contributed by atoms with Crippen molar-refractivity contribution in [2.45, 2.75) is 18.6 Å². The molecule has 1 atom stereocenters. The van der Waals surface area contributed by atoms with E-state index in [1.807, 2.05) is 6.92 Å². The fourth-order valence-corrected chi connectivity index (χ4v) is 3.54. The van der Waals surface area contributed by atoms with Gasteiger partial charge in [-0.05, 0) is 36.8 Å². The number of hydrogen-bond acceptors (Lipinski definition) is 6.